The molecule has 0 aliphatic carbocycles. The van der Waals surface area contributed by atoms with Gasteiger partial charge >= 0.3 is 6.03 Å². The third-order valence-electron chi connectivity index (χ3n) is 6.37. The van der Waals surface area contributed by atoms with Crippen LogP contribution in [-0.2, 0) is 16.0 Å². The molecule has 230 valence electrons. The Hall–Kier alpha value is -4.36. The normalized spacial score (nSPS) is 11.2. The topological polar surface area (TPSA) is 120 Å². The lowest BCUT2D eigenvalue weighted by atomic mass is 10.1. The van der Waals surface area contributed by atoms with Crippen molar-refractivity contribution in [3.8, 4) is 21.9 Å². The average molecular weight is 620 g/mol. The van der Waals surface area contributed by atoms with Crippen LogP contribution in [0.25, 0.3) is 20.7 Å². The number of nitrogens with zero attached hydrogens (tertiary/aromatic N) is 2. The maximum Gasteiger partial charge on any atom is 0.324 e. The van der Waals surface area contributed by atoms with E-state index in [1.165, 1.54) is 29.0 Å². The van der Waals surface area contributed by atoms with Gasteiger partial charge in [0.25, 0.3) is 0 Å². The number of thiophene rings is 1. The molecule has 12 heteroatoms. The summed E-state index contributed by atoms with van der Waals surface area (Å²) < 4.78 is 37.6. The van der Waals surface area contributed by atoms with Crippen LogP contribution in [0, 0.1) is 12.7 Å². The van der Waals surface area contributed by atoms with Gasteiger partial charge < -0.3 is 29.4 Å². The van der Waals surface area contributed by atoms with E-state index in [4.69, 9.17) is 18.7 Å². The molecule has 3 N–H and O–H groups in total. The van der Waals surface area contributed by atoms with Crippen LogP contribution in [-0.4, -0.2) is 49.1 Å². The second kappa shape index (κ2) is 15.4. The molecule has 0 atom stereocenters. The predicted octanol–water partition coefficient (Wildman–Crippen LogP) is 7.37. The van der Waals surface area contributed by atoms with E-state index in [1.807, 2.05) is 6.07 Å². The quantitative estimate of drug-likeness (QED) is 0.104. The number of ether oxygens (including phenoxy) is 3. The Morgan fingerprint density at radius 2 is 1.77 bits per heavy atom. The number of hydrogen-bond acceptors (Lipinski definition) is 9. The number of amides is 2. The molecule has 2 aromatic carbocycles. The summed E-state index contributed by atoms with van der Waals surface area (Å²) >= 11 is 1.52. The Morgan fingerprint density at radius 3 is 2.52 bits per heavy atom. The van der Waals surface area contributed by atoms with E-state index >= 15 is 0 Å². The molecule has 0 unspecified atom stereocenters. The molecule has 2 amide bonds. The van der Waals surface area contributed by atoms with Gasteiger partial charge in [0.15, 0.2) is 17.4 Å². The van der Waals surface area contributed by atoms with Gasteiger partial charge in [-0.05, 0) is 42.7 Å². The van der Waals surface area contributed by atoms with Crippen LogP contribution in [0.4, 0.5) is 20.7 Å². The average Bonchev–Trinajstić information content (AvgIpc) is 3.64. The molecular weight excluding hydrogens is 585 g/mol. The standard InChI is InChI=1S/C32H34FN5O5S/c1-3-13-40-15-16-41-14-12-34-20-22-4-6-23(7-5-22)29-19-26-31(44-29)28(10-11-35-26)42-27-9-8-24(18-25(27)33)36-32(39)37-30-17-21(2)43-38-30/h4-11,17-19,34H,3,12-16,20H2,1-2H3,(H2,36,37,38,39). The molecule has 5 aromatic rings. The number of nitrogens with one attached hydrogen (secondary N) is 3. The first-order chi connectivity index (χ1) is 21.5. The summed E-state index contributed by atoms with van der Waals surface area (Å²) in [5, 5.41) is 12.2. The number of carbonyl (C=O) groups is 1. The minimum absolute atomic E-state index is 0.0256. The Balaban J connectivity index is 1.16. The zero-order valence-corrected chi connectivity index (χ0v) is 25.3. The fourth-order valence-corrected chi connectivity index (χ4v) is 5.32. The van der Waals surface area contributed by atoms with Crippen LogP contribution in [0.5, 0.6) is 11.5 Å². The summed E-state index contributed by atoms with van der Waals surface area (Å²) in [5.74, 6) is 0.701. The Kier molecular flexibility index (Phi) is 10.9. The third-order valence-corrected chi connectivity index (χ3v) is 7.55. The SMILES string of the molecule is CCCOCCOCCNCc1ccc(-c2cc3nccc(Oc4ccc(NC(=O)Nc5cc(C)on5)cc4F)c3s2)cc1. The number of pyridine rings is 1. The molecule has 0 aliphatic heterocycles. The minimum Gasteiger partial charge on any atom is -0.453 e. The van der Waals surface area contributed by atoms with Crippen LogP contribution in [0.2, 0.25) is 0 Å². The highest BCUT2D eigenvalue weighted by Crippen LogP contribution is 2.39. The molecule has 10 nitrogen and oxygen atoms in total. The fraction of sp³-hybridized carbons (Fsp3) is 0.281. The second-order valence-electron chi connectivity index (χ2n) is 9.88. The van der Waals surface area contributed by atoms with E-state index in [1.54, 1.807) is 31.3 Å². The molecular formula is C32H34FN5O5S. The lowest BCUT2D eigenvalue weighted by Gasteiger charge is -2.10. The first-order valence-corrected chi connectivity index (χ1v) is 15.1. The van der Waals surface area contributed by atoms with Gasteiger partial charge in [0.05, 0.1) is 30.0 Å². The van der Waals surface area contributed by atoms with Gasteiger partial charge in [-0.25, -0.2) is 9.18 Å². The minimum atomic E-state index is -0.626. The van der Waals surface area contributed by atoms with Gasteiger partial charge in [-0.15, -0.1) is 11.3 Å². The first kappa shape index (κ1) is 31.1. The number of fused-ring (bicyclic) bond motifs is 1. The molecule has 0 saturated heterocycles. The molecule has 3 heterocycles. The monoisotopic (exact) mass is 619 g/mol. The number of urea groups is 1. The zero-order valence-electron chi connectivity index (χ0n) is 24.5. The summed E-state index contributed by atoms with van der Waals surface area (Å²) in [7, 11) is 0. The molecule has 0 fully saturated rings. The van der Waals surface area contributed by atoms with Gasteiger partial charge in [0.1, 0.15) is 11.5 Å². The van der Waals surface area contributed by atoms with Crippen molar-refractivity contribution in [1.82, 2.24) is 15.5 Å². The fourth-order valence-electron chi connectivity index (χ4n) is 4.25. The van der Waals surface area contributed by atoms with Crippen molar-refractivity contribution in [3.05, 3.63) is 84.0 Å². The molecule has 0 spiro atoms. The van der Waals surface area contributed by atoms with E-state index < -0.39 is 11.8 Å². The van der Waals surface area contributed by atoms with Crippen LogP contribution >= 0.6 is 11.3 Å². The van der Waals surface area contributed by atoms with Crippen LogP contribution in [0.1, 0.15) is 24.7 Å². The van der Waals surface area contributed by atoms with Crippen molar-refractivity contribution in [1.29, 1.82) is 0 Å². The summed E-state index contributed by atoms with van der Waals surface area (Å²) in [6, 6.07) is 17.2. The Labute approximate surface area is 258 Å². The summed E-state index contributed by atoms with van der Waals surface area (Å²) in [6.07, 6.45) is 2.65. The highest BCUT2D eigenvalue weighted by atomic mass is 32.1. The number of aromatic nitrogens is 2. The van der Waals surface area contributed by atoms with Crippen molar-refractivity contribution in [2.75, 3.05) is 43.6 Å². The van der Waals surface area contributed by atoms with Gasteiger partial charge in [-0.2, -0.15) is 0 Å². The van der Waals surface area contributed by atoms with Crippen LogP contribution in [0.3, 0.4) is 0 Å². The lowest BCUT2D eigenvalue weighted by Crippen LogP contribution is -2.20. The van der Waals surface area contributed by atoms with E-state index in [2.05, 4.69) is 57.3 Å². The van der Waals surface area contributed by atoms with Crippen molar-refractivity contribution in [2.45, 2.75) is 26.8 Å². The van der Waals surface area contributed by atoms with Gasteiger partial charge in [0, 0.05) is 54.7 Å². The number of aryl methyl sites for hydroxylation is 1. The Bertz CT molecular complexity index is 1670. The van der Waals surface area contributed by atoms with E-state index in [0.717, 1.165) is 46.8 Å². The zero-order chi connectivity index (χ0) is 30.7. The number of halogens is 1. The summed E-state index contributed by atoms with van der Waals surface area (Å²) in [4.78, 5) is 17.7. The highest BCUT2D eigenvalue weighted by Gasteiger charge is 2.14. The van der Waals surface area contributed by atoms with Gasteiger partial charge in [-0.1, -0.05) is 36.3 Å². The second-order valence-corrected chi connectivity index (χ2v) is 10.9. The number of rotatable bonds is 15. The molecule has 5 rings (SSSR count). The predicted molar refractivity (Wildman–Crippen MR) is 169 cm³/mol. The van der Waals surface area contributed by atoms with E-state index in [-0.39, 0.29) is 17.3 Å². The largest absolute Gasteiger partial charge is 0.453 e. The summed E-state index contributed by atoms with van der Waals surface area (Å²) in [6.45, 7) is 7.95. The van der Waals surface area contributed by atoms with Crippen molar-refractivity contribution < 1.29 is 27.9 Å². The number of benzene rings is 2. The number of anilines is 2. The van der Waals surface area contributed by atoms with E-state index in [0.29, 0.717) is 31.3 Å². The molecule has 0 aliphatic rings. The molecule has 44 heavy (non-hydrogen) atoms. The van der Waals surface area contributed by atoms with Crippen molar-refractivity contribution in [2.24, 2.45) is 0 Å². The van der Waals surface area contributed by atoms with Gasteiger partial charge in [0.2, 0.25) is 0 Å². The van der Waals surface area contributed by atoms with Crippen LogP contribution in [0.15, 0.2) is 71.4 Å². The van der Waals surface area contributed by atoms with Crippen molar-refractivity contribution in [3.63, 3.8) is 0 Å². The maximum atomic E-state index is 15.0. The molecule has 0 radical (unpaired) electrons. The summed E-state index contributed by atoms with van der Waals surface area (Å²) in [5.41, 5.74) is 3.23. The smallest absolute Gasteiger partial charge is 0.324 e. The maximum absolute atomic E-state index is 15.0. The number of hydrogen-bond donors (Lipinski definition) is 3. The molecule has 3 aromatic heterocycles. The highest BCUT2D eigenvalue weighted by molar-refractivity contribution is 7.22. The van der Waals surface area contributed by atoms with Crippen molar-refractivity contribution >= 4 is 39.1 Å². The molecule has 0 saturated carbocycles. The third kappa shape index (κ3) is 8.60. The Morgan fingerprint density at radius 1 is 0.955 bits per heavy atom. The first-order valence-electron chi connectivity index (χ1n) is 14.3. The lowest BCUT2D eigenvalue weighted by molar-refractivity contribution is 0.0490. The molecule has 0 bridgehead atoms. The van der Waals surface area contributed by atoms with E-state index in [9.17, 15) is 9.18 Å². The number of carbonyl (C=O) groups excluding carboxylic acids is 1. The van der Waals surface area contributed by atoms with Crippen LogP contribution < -0.4 is 20.7 Å². The van der Waals surface area contributed by atoms with Gasteiger partial charge in [-0.3, -0.25) is 10.3 Å².